The molecule has 0 spiro atoms. The predicted molar refractivity (Wildman–Crippen MR) is 160 cm³/mol. The fourth-order valence-corrected chi connectivity index (χ4v) is 6.80. The van der Waals surface area contributed by atoms with Crippen molar-refractivity contribution in [2.45, 2.75) is 12.8 Å². The van der Waals surface area contributed by atoms with Gasteiger partial charge in [-0.1, -0.05) is 36.4 Å². The second-order valence-corrected chi connectivity index (χ2v) is 10.5. The van der Waals surface area contributed by atoms with Crippen molar-refractivity contribution in [3.63, 3.8) is 0 Å². The van der Waals surface area contributed by atoms with Crippen LogP contribution in [-0.4, -0.2) is 19.1 Å². The third kappa shape index (κ3) is 2.86. The highest BCUT2D eigenvalue weighted by molar-refractivity contribution is 6.13. The molecule has 39 heavy (non-hydrogen) atoms. The van der Waals surface area contributed by atoms with Crippen LogP contribution in [0.25, 0.3) is 66.1 Å². The van der Waals surface area contributed by atoms with Crippen LogP contribution in [0.15, 0.2) is 116 Å². The van der Waals surface area contributed by atoms with Crippen LogP contribution in [0.2, 0.25) is 0 Å². The number of nitrogens with one attached hydrogen (secondary N) is 1. The molecule has 0 bridgehead atoms. The number of hydrogen-bond donors (Lipinski definition) is 1. The van der Waals surface area contributed by atoms with Crippen LogP contribution >= 0.6 is 0 Å². The Morgan fingerprint density at radius 1 is 0.564 bits per heavy atom. The number of pyridine rings is 1. The van der Waals surface area contributed by atoms with Crippen LogP contribution < -0.4 is 0 Å². The minimum absolute atomic E-state index is 1.05. The van der Waals surface area contributed by atoms with Crippen molar-refractivity contribution >= 4 is 43.6 Å². The fourth-order valence-electron chi connectivity index (χ4n) is 6.80. The normalized spacial score (nSPS) is 12.9. The van der Waals surface area contributed by atoms with Crippen molar-refractivity contribution in [1.82, 2.24) is 19.1 Å². The van der Waals surface area contributed by atoms with Crippen LogP contribution in [0.5, 0.6) is 0 Å². The summed E-state index contributed by atoms with van der Waals surface area (Å²) in [5, 5.41) is 5.21. The van der Waals surface area contributed by atoms with Crippen molar-refractivity contribution in [2.24, 2.45) is 0 Å². The molecule has 1 aliphatic carbocycles. The summed E-state index contributed by atoms with van der Waals surface area (Å²) >= 11 is 0. The Kier molecular flexibility index (Phi) is 4.14. The number of nitrogens with zero attached hydrogens (tertiary/aromatic N) is 3. The summed E-state index contributed by atoms with van der Waals surface area (Å²) in [5.41, 5.74) is 12.7. The Morgan fingerprint density at radius 2 is 1.18 bits per heavy atom. The molecule has 8 aromatic rings. The van der Waals surface area contributed by atoms with E-state index in [-0.39, 0.29) is 0 Å². The number of aromatic nitrogens is 4. The van der Waals surface area contributed by atoms with Gasteiger partial charge in [0.1, 0.15) is 0 Å². The number of hydrogen-bond acceptors (Lipinski definition) is 1. The number of rotatable bonds is 2. The lowest BCUT2D eigenvalue weighted by Gasteiger charge is -2.21. The van der Waals surface area contributed by atoms with Crippen LogP contribution in [0.3, 0.4) is 0 Å². The van der Waals surface area contributed by atoms with Crippen molar-refractivity contribution in [1.29, 1.82) is 0 Å². The summed E-state index contributed by atoms with van der Waals surface area (Å²) in [6, 6.07) is 33.5. The Balaban J connectivity index is 1.38. The van der Waals surface area contributed by atoms with Gasteiger partial charge in [-0.15, -0.1) is 0 Å². The van der Waals surface area contributed by atoms with Gasteiger partial charge >= 0.3 is 0 Å². The first-order valence-electron chi connectivity index (χ1n) is 13.5. The van der Waals surface area contributed by atoms with E-state index in [4.69, 9.17) is 0 Å². The molecule has 4 aromatic carbocycles. The average molecular weight is 501 g/mol. The number of H-pyrrole nitrogens is 1. The van der Waals surface area contributed by atoms with E-state index >= 15 is 0 Å². The van der Waals surface area contributed by atoms with E-state index in [0.29, 0.717) is 0 Å². The number of benzene rings is 4. The van der Waals surface area contributed by atoms with Gasteiger partial charge in [-0.25, -0.2) is 0 Å². The first-order chi connectivity index (χ1) is 19.3. The molecule has 4 heteroatoms. The molecule has 4 aromatic heterocycles. The quantitative estimate of drug-likeness (QED) is 0.254. The van der Waals surface area contributed by atoms with Gasteiger partial charge in [0.2, 0.25) is 0 Å². The smallest absolute Gasteiger partial charge is 0.0645 e. The standard InChI is InChI=1S/C35H24N4/c1-3-9-32-26(7-1)30-16-22-11-12-23-17-31-27-8-2-4-10-33(27)39(25-13-15-37-21-25)35(31)19-29(23)28(22)18-34(30)38(32)24-6-5-14-36-20-24/h1-10,13-21,37H,11-12H2. The van der Waals surface area contributed by atoms with Crippen molar-refractivity contribution in [3.05, 3.63) is 127 Å². The van der Waals surface area contributed by atoms with Crippen LogP contribution in [0.4, 0.5) is 0 Å². The zero-order valence-corrected chi connectivity index (χ0v) is 21.2. The molecule has 0 fully saturated rings. The van der Waals surface area contributed by atoms with E-state index in [9.17, 15) is 0 Å². The first kappa shape index (κ1) is 20.9. The molecule has 9 rings (SSSR count). The predicted octanol–water partition coefficient (Wildman–Crippen LogP) is 8.37. The largest absolute Gasteiger partial charge is 0.366 e. The van der Waals surface area contributed by atoms with Gasteiger partial charge in [-0.05, 0) is 89.7 Å². The second kappa shape index (κ2) is 7.71. The molecule has 0 unspecified atom stereocenters. The number of fused-ring (bicyclic) bond motifs is 9. The Bertz CT molecular complexity index is 2210. The van der Waals surface area contributed by atoms with Crippen molar-refractivity contribution in [2.75, 3.05) is 0 Å². The van der Waals surface area contributed by atoms with Crippen LogP contribution in [0, 0.1) is 0 Å². The summed E-state index contributed by atoms with van der Waals surface area (Å²) in [6.07, 6.45) is 9.97. The number of aryl methyl sites for hydroxylation is 2. The third-order valence-corrected chi connectivity index (χ3v) is 8.49. The minimum Gasteiger partial charge on any atom is -0.366 e. The fraction of sp³-hybridized carbons (Fsp3) is 0.0571. The summed E-state index contributed by atoms with van der Waals surface area (Å²) < 4.78 is 4.75. The van der Waals surface area contributed by atoms with Gasteiger partial charge in [0.15, 0.2) is 0 Å². The lowest BCUT2D eigenvalue weighted by atomic mass is 9.84. The molecule has 0 radical (unpaired) electrons. The van der Waals surface area contributed by atoms with Gasteiger partial charge in [-0.3, -0.25) is 4.98 Å². The van der Waals surface area contributed by atoms with E-state index in [0.717, 1.165) is 24.2 Å². The highest BCUT2D eigenvalue weighted by Crippen LogP contribution is 2.43. The molecule has 0 amide bonds. The monoisotopic (exact) mass is 500 g/mol. The molecular weight excluding hydrogens is 476 g/mol. The van der Waals surface area contributed by atoms with E-state index < -0.39 is 0 Å². The Morgan fingerprint density at radius 3 is 1.74 bits per heavy atom. The highest BCUT2D eigenvalue weighted by atomic mass is 15.0. The Hall–Kier alpha value is -5.09. The van der Waals surface area contributed by atoms with Gasteiger partial charge in [0.05, 0.1) is 39.6 Å². The lowest BCUT2D eigenvalue weighted by molar-refractivity contribution is 0.946. The summed E-state index contributed by atoms with van der Waals surface area (Å²) in [6.45, 7) is 0. The third-order valence-electron chi connectivity index (χ3n) is 8.49. The summed E-state index contributed by atoms with van der Waals surface area (Å²) in [4.78, 5) is 7.69. The molecule has 0 atom stereocenters. The molecule has 184 valence electrons. The zero-order chi connectivity index (χ0) is 25.5. The first-order valence-corrected chi connectivity index (χ1v) is 13.5. The minimum atomic E-state index is 1.05. The van der Waals surface area contributed by atoms with Crippen LogP contribution in [-0.2, 0) is 12.8 Å². The number of para-hydroxylation sites is 2. The summed E-state index contributed by atoms with van der Waals surface area (Å²) in [7, 11) is 0. The molecule has 4 nitrogen and oxygen atoms in total. The highest BCUT2D eigenvalue weighted by Gasteiger charge is 2.23. The lowest BCUT2D eigenvalue weighted by Crippen LogP contribution is -2.05. The maximum atomic E-state index is 4.44. The van der Waals surface area contributed by atoms with Gasteiger partial charge in [0.25, 0.3) is 0 Å². The van der Waals surface area contributed by atoms with Gasteiger partial charge in [0, 0.05) is 40.1 Å². The van der Waals surface area contributed by atoms with Crippen molar-refractivity contribution < 1.29 is 0 Å². The topological polar surface area (TPSA) is 38.5 Å². The molecule has 1 aliphatic rings. The molecule has 1 N–H and O–H groups in total. The number of aromatic amines is 1. The van der Waals surface area contributed by atoms with Crippen LogP contribution in [0.1, 0.15) is 11.1 Å². The molecular formula is C35H24N4. The van der Waals surface area contributed by atoms with E-state index in [1.807, 2.05) is 24.7 Å². The van der Waals surface area contributed by atoms with Gasteiger partial charge < -0.3 is 14.1 Å². The molecule has 0 aliphatic heterocycles. The summed E-state index contributed by atoms with van der Waals surface area (Å²) in [5.74, 6) is 0. The molecule has 0 saturated heterocycles. The average Bonchev–Trinajstić information content (AvgIpc) is 3.70. The second-order valence-electron chi connectivity index (χ2n) is 10.5. The van der Waals surface area contributed by atoms with E-state index in [1.165, 1.54) is 65.9 Å². The zero-order valence-electron chi connectivity index (χ0n) is 21.2. The van der Waals surface area contributed by atoms with E-state index in [2.05, 4.69) is 110 Å². The SMILES string of the molecule is c1cncc(-n2c3ccccc3c3cc4c(cc32)-c2cc3c(cc2CC4)c2ccccc2n3-c2cc[nH]c2)c1. The van der Waals surface area contributed by atoms with Crippen molar-refractivity contribution in [3.8, 4) is 22.5 Å². The maximum absolute atomic E-state index is 4.44. The Labute approximate surface area is 224 Å². The van der Waals surface area contributed by atoms with Gasteiger partial charge in [-0.2, -0.15) is 0 Å². The molecule has 4 heterocycles. The maximum Gasteiger partial charge on any atom is 0.0645 e. The van der Waals surface area contributed by atoms with E-state index in [1.54, 1.807) is 0 Å². The molecule has 0 saturated carbocycles.